The first-order valence-electron chi connectivity index (χ1n) is 3.85. The number of benzene rings is 1. The van der Waals surface area contributed by atoms with Crippen molar-refractivity contribution >= 4 is 0 Å². The zero-order chi connectivity index (χ0) is 9.68. The summed E-state index contributed by atoms with van der Waals surface area (Å²) in [7, 11) is 1.52. The molecule has 1 rings (SSSR count). The third kappa shape index (κ3) is 2.47. The quantitative estimate of drug-likeness (QED) is 0.665. The largest absolute Gasteiger partial charge is 0.497 e. The highest BCUT2D eigenvalue weighted by Crippen LogP contribution is 2.22. The van der Waals surface area contributed by atoms with E-state index in [0.717, 1.165) is 0 Å². The predicted octanol–water partition coefficient (Wildman–Crippen LogP) is 2.40. The highest BCUT2D eigenvalue weighted by Gasteiger charge is 2.03. The fourth-order valence-electron chi connectivity index (χ4n) is 0.870. The molecule has 0 N–H and O–H groups in total. The minimum absolute atomic E-state index is 0.180. The van der Waals surface area contributed by atoms with Crippen LogP contribution in [0, 0.1) is 5.82 Å². The summed E-state index contributed by atoms with van der Waals surface area (Å²) in [6.07, 6.45) is 1.55. The first-order valence-corrected chi connectivity index (χ1v) is 3.85. The van der Waals surface area contributed by atoms with Crippen LogP contribution in [0.1, 0.15) is 0 Å². The summed E-state index contributed by atoms with van der Waals surface area (Å²) in [5.41, 5.74) is 0. The summed E-state index contributed by atoms with van der Waals surface area (Å²) in [6.45, 7) is 3.75. The molecule has 0 heterocycles. The van der Waals surface area contributed by atoms with Gasteiger partial charge in [-0.1, -0.05) is 12.7 Å². The maximum Gasteiger partial charge on any atom is 0.165 e. The number of methoxy groups -OCH3 is 1. The topological polar surface area (TPSA) is 18.5 Å². The minimum atomic E-state index is -0.400. The van der Waals surface area contributed by atoms with Crippen LogP contribution in [0.5, 0.6) is 11.5 Å². The molecule has 0 bridgehead atoms. The fraction of sp³-hybridized carbons (Fsp3) is 0.200. The summed E-state index contributed by atoms with van der Waals surface area (Å²) >= 11 is 0. The Labute approximate surface area is 76.6 Å². The Morgan fingerprint density at radius 3 is 2.92 bits per heavy atom. The van der Waals surface area contributed by atoms with Gasteiger partial charge in [0.15, 0.2) is 11.6 Å². The standard InChI is InChI=1S/C10H11FO2/c1-3-6-13-10-7-8(12-2)4-5-9(10)11/h3-5,7H,1,6H2,2H3. The van der Waals surface area contributed by atoms with E-state index in [1.807, 2.05) is 0 Å². The SMILES string of the molecule is C=CCOc1cc(OC)ccc1F. The molecule has 0 unspecified atom stereocenters. The molecule has 0 aromatic heterocycles. The number of hydrogen-bond acceptors (Lipinski definition) is 2. The molecule has 0 aliphatic rings. The van der Waals surface area contributed by atoms with E-state index in [0.29, 0.717) is 5.75 Å². The maximum atomic E-state index is 13.0. The molecule has 3 heteroatoms. The number of ether oxygens (including phenoxy) is 2. The lowest BCUT2D eigenvalue weighted by Gasteiger charge is -2.06. The molecule has 0 fully saturated rings. The Hall–Kier alpha value is -1.51. The lowest BCUT2D eigenvalue weighted by molar-refractivity contribution is 0.336. The molecule has 0 spiro atoms. The molecule has 0 saturated heterocycles. The van der Waals surface area contributed by atoms with E-state index in [9.17, 15) is 4.39 Å². The minimum Gasteiger partial charge on any atom is -0.497 e. The Kier molecular flexibility index (Phi) is 3.31. The van der Waals surface area contributed by atoms with Crippen LogP contribution in [0.15, 0.2) is 30.9 Å². The maximum absolute atomic E-state index is 13.0. The lowest BCUT2D eigenvalue weighted by atomic mass is 10.3. The average Bonchev–Trinajstić information content (AvgIpc) is 2.17. The van der Waals surface area contributed by atoms with Gasteiger partial charge in [-0.3, -0.25) is 0 Å². The summed E-state index contributed by atoms with van der Waals surface area (Å²) in [4.78, 5) is 0. The number of rotatable bonds is 4. The Balaban J connectivity index is 2.83. The van der Waals surface area contributed by atoms with E-state index in [1.54, 1.807) is 6.08 Å². The molecular weight excluding hydrogens is 171 g/mol. The lowest BCUT2D eigenvalue weighted by Crippen LogP contribution is -1.96. The van der Waals surface area contributed by atoms with Gasteiger partial charge in [0.25, 0.3) is 0 Å². The second-order valence-corrected chi connectivity index (χ2v) is 2.40. The molecule has 0 aliphatic carbocycles. The van der Waals surface area contributed by atoms with Gasteiger partial charge < -0.3 is 9.47 Å². The van der Waals surface area contributed by atoms with Crippen molar-refractivity contribution in [1.29, 1.82) is 0 Å². The van der Waals surface area contributed by atoms with Gasteiger partial charge in [-0.15, -0.1) is 0 Å². The molecule has 1 aromatic rings. The van der Waals surface area contributed by atoms with Crippen LogP contribution < -0.4 is 9.47 Å². The summed E-state index contributed by atoms with van der Waals surface area (Å²) < 4.78 is 23.0. The average molecular weight is 182 g/mol. The van der Waals surface area contributed by atoms with E-state index in [2.05, 4.69) is 6.58 Å². The Morgan fingerprint density at radius 2 is 2.31 bits per heavy atom. The highest BCUT2D eigenvalue weighted by atomic mass is 19.1. The van der Waals surface area contributed by atoms with E-state index in [4.69, 9.17) is 9.47 Å². The van der Waals surface area contributed by atoms with Crippen LogP contribution in [0.4, 0.5) is 4.39 Å². The Morgan fingerprint density at radius 1 is 1.54 bits per heavy atom. The van der Waals surface area contributed by atoms with E-state index in [1.165, 1.54) is 25.3 Å². The fourth-order valence-corrected chi connectivity index (χ4v) is 0.870. The first kappa shape index (κ1) is 9.58. The highest BCUT2D eigenvalue weighted by molar-refractivity contribution is 5.34. The first-order chi connectivity index (χ1) is 6.27. The van der Waals surface area contributed by atoms with Crippen molar-refractivity contribution in [1.82, 2.24) is 0 Å². The van der Waals surface area contributed by atoms with Crippen LogP contribution in [0.2, 0.25) is 0 Å². The zero-order valence-electron chi connectivity index (χ0n) is 7.42. The van der Waals surface area contributed by atoms with Crippen molar-refractivity contribution in [3.05, 3.63) is 36.7 Å². The third-order valence-corrected chi connectivity index (χ3v) is 1.50. The van der Waals surface area contributed by atoms with Crippen LogP contribution in [-0.2, 0) is 0 Å². The molecule has 0 radical (unpaired) electrons. The molecule has 13 heavy (non-hydrogen) atoms. The van der Waals surface area contributed by atoms with Crippen LogP contribution >= 0.6 is 0 Å². The van der Waals surface area contributed by atoms with Crippen molar-refractivity contribution in [3.8, 4) is 11.5 Å². The summed E-state index contributed by atoms with van der Waals surface area (Å²) in [5, 5.41) is 0. The van der Waals surface area contributed by atoms with Gasteiger partial charge >= 0.3 is 0 Å². The van der Waals surface area contributed by atoms with Gasteiger partial charge in [-0.2, -0.15) is 0 Å². The molecule has 0 saturated carbocycles. The molecule has 1 aromatic carbocycles. The van der Waals surface area contributed by atoms with Crippen LogP contribution in [0.25, 0.3) is 0 Å². The number of halogens is 1. The van der Waals surface area contributed by atoms with Gasteiger partial charge in [-0.05, 0) is 12.1 Å². The van der Waals surface area contributed by atoms with Gasteiger partial charge in [-0.25, -0.2) is 4.39 Å². The third-order valence-electron chi connectivity index (χ3n) is 1.50. The monoisotopic (exact) mass is 182 g/mol. The van der Waals surface area contributed by atoms with Gasteiger partial charge in [0, 0.05) is 6.07 Å². The normalized spacial score (nSPS) is 9.38. The second-order valence-electron chi connectivity index (χ2n) is 2.40. The smallest absolute Gasteiger partial charge is 0.165 e. The van der Waals surface area contributed by atoms with Crippen molar-refractivity contribution in [3.63, 3.8) is 0 Å². The van der Waals surface area contributed by atoms with E-state index >= 15 is 0 Å². The molecule has 0 aliphatic heterocycles. The summed E-state index contributed by atoms with van der Waals surface area (Å²) in [6, 6.07) is 4.34. The second kappa shape index (κ2) is 4.50. The van der Waals surface area contributed by atoms with Gasteiger partial charge in [0.05, 0.1) is 7.11 Å². The van der Waals surface area contributed by atoms with Crippen molar-refractivity contribution in [2.45, 2.75) is 0 Å². The van der Waals surface area contributed by atoms with E-state index in [-0.39, 0.29) is 12.4 Å². The molecule has 2 nitrogen and oxygen atoms in total. The van der Waals surface area contributed by atoms with Crippen molar-refractivity contribution < 1.29 is 13.9 Å². The van der Waals surface area contributed by atoms with Gasteiger partial charge in [0.1, 0.15) is 12.4 Å². The Bertz CT molecular complexity index is 297. The van der Waals surface area contributed by atoms with Gasteiger partial charge in [0.2, 0.25) is 0 Å². The molecule has 70 valence electrons. The van der Waals surface area contributed by atoms with E-state index < -0.39 is 5.82 Å². The summed E-state index contributed by atoms with van der Waals surface area (Å²) in [5.74, 6) is 0.349. The molecular formula is C10H11FO2. The molecule has 0 atom stereocenters. The van der Waals surface area contributed by atoms with Crippen LogP contribution in [-0.4, -0.2) is 13.7 Å². The molecule has 0 amide bonds. The van der Waals surface area contributed by atoms with Crippen molar-refractivity contribution in [2.24, 2.45) is 0 Å². The van der Waals surface area contributed by atoms with Crippen LogP contribution in [0.3, 0.4) is 0 Å². The number of hydrogen-bond donors (Lipinski definition) is 0. The predicted molar refractivity (Wildman–Crippen MR) is 48.6 cm³/mol. The zero-order valence-corrected chi connectivity index (χ0v) is 7.42. The van der Waals surface area contributed by atoms with Crippen molar-refractivity contribution in [2.75, 3.05) is 13.7 Å².